The van der Waals surface area contributed by atoms with E-state index in [4.69, 9.17) is 15.9 Å². The van der Waals surface area contributed by atoms with Crippen LogP contribution >= 0.6 is 11.8 Å². The summed E-state index contributed by atoms with van der Waals surface area (Å²) in [5, 5.41) is 7.74. The molecule has 0 bridgehead atoms. The predicted octanol–water partition coefficient (Wildman–Crippen LogP) is -0.819. The maximum atomic E-state index is 12.2. The van der Waals surface area contributed by atoms with Crippen LogP contribution in [0.4, 0.5) is 5.69 Å². The zero-order chi connectivity index (χ0) is 15.4. The SMILES string of the molecule is COc1ccc(NC(=O)[C@@H]2CC(=O)N=C(C(N)=[NH2+])S2)cc1. The Labute approximate surface area is 125 Å². The predicted molar refractivity (Wildman–Crippen MR) is 81.2 cm³/mol. The summed E-state index contributed by atoms with van der Waals surface area (Å²) >= 11 is 1.08. The van der Waals surface area contributed by atoms with E-state index in [0.29, 0.717) is 11.4 Å². The minimum atomic E-state index is -0.603. The number of anilines is 1. The third kappa shape index (κ3) is 3.82. The Morgan fingerprint density at radius 2 is 2.14 bits per heavy atom. The van der Waals surface area contributed by atoms with E-state index in [2.05, 4.69) is 10.3 Å². The summed E-state index contributed by atoms with van der Waals surface area (Å²) in [5.41, 5.74) is 6.03. The number of nitrogens with one attached hydrogen (secondary N) is 1. The number of hydrogen-bond acceptors (Lipinski definition) is 4. The van der Waals surface area contributed by atoms with Gasteiger partial charge in [-0.3, -0.25) is 20.7 Å². The number of carbonyl (C=O) groups excluding carboxylic acids is 2. The molecule has 0 radical (unpaired) electrons. The highest BCUT2D eigenvalue weighted by molar-refractivity contribution is 8.16. The fourth-order valence-electron chi connectivity index (χ4n) is 1.70. The zero-order valence-electron chi connectivity index (χ0n) is 11.3. The van der Waals surface area contributed by atoms with Crippen molar-refractivity contribution in [3.63, 3.8) is 0 Å². The van der Waals surface area contributed by atoms with Crippen molar-refractivity contribution in [2.75, 3.05) is 12.4 Å². The summed E-state index contributed by atoms with van der Waals surface area (Å²) in [6, 6.07) is 6.88. The molecule has 0 unspecified atom stereocenters. The van der Waals surface area contributed by atoms with Crippen LogP contribution in [0.2, 0.25) is 0 Å². The maximum absolute atomic E-state index is 12.2. The zero-order valence-corrected chi connectivity index (χ0v) is 12.1. The van der Waals surface area contributed by atoms with Crippen molar-refractivity contribution in [1.29, 1.82) is 0 Å². The Kier molecular flexibility index (Phi) is 4.59. The molecule has 1 aromatic carbocycles. The van der Waals surface area contributed by atoms with Crippen LogP contribution in [0, 0.1) is 0 Å². The number of aliphatic imine (C=N–C) groups is 1. The van der Waals surface area contributed by atoms with Crippen molar-refractivity contribution in [1.82, 2.24) is 0 Å². The first-order chi connectivity index (χ1) is 9.99. The van der Waals surface area contributed by atoms with Crippen LogP contribution in [-0.2, 0) is 9.59 Å². The van der Waals surface area contributed by atoms with Gasteiger partial charge in [-0.25, -0.2) is 0 Å². The van der Waals surface area contributed by atoms with Gasteiger partial charge < -0.3 is 10.1 Å². The van der Waals surface area contributed by atoms with E-state index in [0.717, 1.165) is 11.8 Å². The van der Waals surface area contributed by atoms with Gasteiger partial charge in [0.25, 0.3) is 5.84 Å². The Bertz CT molecular complexity index is 612. The van der Waals surface area contributed by atoms with E-state index in [-0.39, 0.29) is 23.2 Å². The summed E-state index contributed by atoms with van der Waals surface area (Å²) in [5.74, 6) is -0.0790. The Balaban J connectivity index is 2.04. The average molecular weight is 307 g/mol. The van der Waals surface area contributed by atoms with Crippen LogP contribution in [0.3, 0.4) is 0 Å². The molecule has 2 rings (SSSR count). The lowest BCUT2D eigenvalue weighted by molar-refractivity contribution is -0.122. The van der Waals surface area contributed by atoms with Gasteiger partial charge in [0, 0.05) is 5.69 Å². The molecule has 8 heteroatoms. The number of rotatable bonds is 4. The van der Waals surface area contributed by atoms with Gasteiger partial charge >= 0.3 is 0 Å². The molecule has 1 heterocycles. The molecule has 1 aliphatic rings. The lowest BCUT2D eigenvalue weighted by Crippen LogP contribution is -2.51. The summed E-state index contributed by atoms with van der Waals surface area (Å²) in [7, 11) is 1.56. The average Bonchev–Trinajstić information content (AvgIpc) is 2.47. The van der Waals surface area contributed by atoms with E-state index in [9.17, 15) is 9.59 Å². The van der Waals surface area contributed by atoms with Gasteiger partial charge in [-0.15, -0.1) is 0 Å². The highest BCUT2D eigenvalue weighted by Crippen LogP contribution is 2.24. The van der Waals surface area contributed by atoms with Crippen LogP contribution in [-0.4, -0.2) is 35.1 Å². The quantitative estimate of drug-likeness (QED) is 0.496. The number of methoxy groups -OCH3 is 1. The topological polar surface area (TPSA) is 119 Å². The molecule has 0 spiro atoms. The number of thioether (sulfide) groups is 1. The van der Waals surface area contributed by atoms with Crippen molar-refractivity contribution in [2.45, 2.75) is 11.7 Å². The van der Waals surface area contributed by atoms with E-state index in [1.54, 1.807) is 31.4 Å². The normalized spacial score (nSPS) is 17.9. The van der Waals surface area contributed by atoms with Gasteiger partial charge in [-0.1, -0.05) is 11.8 Å². The number of hydrogen-bond donors (Lipinski definition) is 3. The van der Waals surface area contributed by atoms with E-state index in [1.807, 2.05) is 0 Å². The molecule has 21 heavy (non-hydrogen) atoms. The Morgan fingerprint density at radius 1 is 1.48 bits per heavy atom. The van der Waals surface area contributed by atoms with Crippen LogP contribution in [0.25, 0.3) is 0 Å². The van der Waals surface area contributed by atoms with Crippen molar-refractivity contribution < 1.29 is 19.7 Å². The second-order valence-corrected chi connectivity index (χ2v) is 5.49. The van der Waals surface area contributed by atoms with Gasteiger partial charge in [-0.05, 0) is 24.3 Å². The molecular weight excluding hydrogens is 292 g/mol. The van der Waals surface area contributed by atoms with Crippen LogP contribution in [0.1, 0.15) is 6.42 Å². The number of amidine groups is 1. The molecule has 0 aromatic heterocycles. The second-order valence-electron chi connectivity index (χ2n) is 4.29. The molecule has 110 valence electrons. The molecule has 0 saturated heterocycles. The molecule has 0 fully saturated rings. The lowest BCUT2D eigenvalue weighted by atomic mass is 10.2. The minimum absolute atomic E-state index is 0.0173. The Morgan fingerprint density at radius 3 is 2.71 bits per heavy atom. The third-order valence-corrected chi connectivity index (χ3v) is 3.95. The lowest BCUT2D eigenvalue weighted by Gasteiger charge is -2.18. The standard InChI is InChI=1S/C13H14N4O3S/c1-20-8-4-2-7(3-5-8)16-12(19)9-6-10(18)17-13(21-9)11(14)15/h2-5,9H,6H2,1H3,(H3,14,15)(H,16,19)/p+1/t9-/m0/s1. The molecule has 5 N–H and O–H groups in total. The minimum Gasteiger partial charge on any atom is -0.497 e. The van der Waals surface area contributed by atoms with Crippen molar-refractivity contribution in [3.8, 4) is 5.75 Å². The Hall–Kier alpha value is -2.35. The first-order valence-corrected chi connectivity index (χ1v) is 6.99. The van der Waals surface area contributed by atoms with Gasteiger partial charge in [-0.2, -0.15) is 4.99 Å². The fraction of sp³-hybridized carbons (Fsp3) is 0.231. The molecule has 2 amide bonds. The van der Waals surface area contributed by atoms with Crippen LogP contribution in [0.15, 0.2) is 29.3 Å². The molecule has 0 aliphatic carbocycles. The van der Waals surface area contributed by atoms with Crippen molar-refractivity contribution >= 4 is 40.1 Å². The largest absolute Gasteiger partial charge is 0.497 e. The van der Waals surface area contributed by atoms with Crippen LogP contribution in [0.5, 0.6) is 5.75 Å². The number of amides is 2. The molecule has 1 aromatic rings. The molecule has 7 nitrogen and oxygen atoms in total. The van der Waals surface area contributed by atoms with E-state index in [1.165, 1.54) is 0 Å². The summed E-state index contributed by atoms with van der Waals surface area (Å²) in [6.07, 6.45) is 0.0173. The first kappa shape index (κ1) is 15.0. The smallest absolute Gasteiger partial charge is 0.296 e. The maximum Gasteiger partial charge on any atom is 0.296 e. The van der Waals surface area contributed by atoms with E-state index < -0.39 is 11.2 Å². The fourth-order valence-corrected chi connectivity index (χ4v) is 2.65. The van der Waals surface area contributed by atoms with E-state index >= 15 is 0 Å². The number of nitrogens with zero attached hydrogens (tertiary/aromatic N) is 1. The highest BCUT2D eigenvalue weighted by Gasteiger charge is 2.31. The summed E-state index contributed by atoms with van der Waals surface area (Å²) < 4.78 is 5.04. The second kappa shape index (κ2) is 6.40. The number of carbonyl (C=O) groups is 2. The molecule has 1 aliphatic heterocycles. The number of ether oxygens (including phenoxy) is 1. The highest BCUT2D eigenvalue weighted by atomic mass is 32.2. The molecular formula is C13H15N4O3S+. The number of benzene rings is 1. The summed E-state index contributed by atoms with van der Waals surface area (Å²) in [6.45, 7) is 0. The first-order valence-electron chi connectivity index (χ1n) is 6.11. The van der Waals surface area contributed by atoms with Gasteiger partial charge in [0.2, 0.25) is 11.8 Å². The number of nitrogens with two attached hydrogens (primary N) is 2. The van der Waals surface area contributed by atoms with Crippen molar-refractivity contribution in [3.05, 3.63) is 24.3 Å². The molecule has 1 atom stereocenters. The molecule has 0 saturated carbocycles. The third-order valence-electron chi connectivity index (χ3n) is 2.74. The van der Waals surface area contributed by atoms with Gasteiger partial charge in [0.05, 0.1) is 18.8 Å². The van der Waals surface area contributed by atoms with Gasteiger partial charge in [0.15, 0.2) is 5.04 Å². The monoisotopic (exact) mass is 307 g/mol. The summed E-state index contributed by atoms with van der Waals surface area (Å²) in [4.78, 5) is 27.4. The van der Waals surface area contributed by atoms with Crippen LogP contribution < -0.4 is 21.2 Å². The van der Waals surface area contributed by atoms with Crippen molar-refractivity contribution in [2.24, 2.45) is 10.7 Å². The van der Waals surface area contributed by atoms with Gasteiger partial charge in [0.1, 0.15) is 5.75 Å².